The quantitative estimate of drug-likeness (QED) is 0.0978. The molecule has 9 heteroatoms. The first-order valence-electron chi connectivity index (χ1n) is 17.1. The first-order valence-corrected chi connectivity index (χ1v) is 17.8. The van der Waals surface area contributed by atoms with Crippen LogP contribution in [-0.4, -0.2) is 54.3 Å². The number of carbonyl (C=O) groups is 4. The lowest BCUT2D eigenvalue weighted by molar-refractivity contribution is 0.0572. The number of benzene rings is 3. The van der Waals surface area contributed by atoms with Crippen LogP contribution in [-0.2, 0) is 0 Å². The molecule has 0 fully saturated rings. The van der Waals surface area contributed by atoms with Gasteiger partial charge < -0.3 is 0 Å². The molecule has 4 aromatic rings. The average Bonchev–Trinajstić information content (AvgIpc) is 3.76. The van der Waals surface area contributed by atoms with Gasteiger partial charge in [0.2, 0.25) is 0 Å². The van der Waals surface area contributed by atoms with E-state index in [4.69, 9.17) is 0 Å². The summed E-state index contributed by atoms with van der Waals surface area (Å²) < 4.78 is 8.94. The molecule has 0 N–H and O–H groups in total. The van der Waals surface area contributed by atoms with Crippen molar-refractivity contribution < 1.29 is 19.2 Å². The van der Waals surface area contributed by atoms with Crippen LogP contribution < -0.4 is 0 Å². The SMILES string of the molecule is CCCCCC(C)N1C(=O)c2ccc(C#Cc3ccc(C#Cc4ccc5c(c4)C(=O)N(C(C)CCCCC)C5=O)c4nsnc34)cc2C1=O. The molecule has 2 aliphatic rings. The fraction of sp³-hybridized carbons (Fsp3) is 0.350. The Morgan fingerprint density at radius 2 is 0.980 bits per heavy atom. The third kappa shape index (κ3) is 6.64. The van der Waals surface area contributed by atoms with Gasteiger partial charge in [-0.25, -0.2) is 0 Å². The van der Waals surface area contributed by atoms with E-state index in [1.807, 2.05) is 26.0 Å². The summed E-state index contributed by atoms with van der Waals surface area (Å²) in [6.07, 6.45) is 7.82. The van der Waals surface area contributed by atoms with E-state index in [1.54, 1.807) is 36.4 Å². The average molecular weight is 671 g/mol. The first kappa shape index (κ1) is 33.8. The van der Waals surface area contributed by atoms with Crippen molar-refractivity contribution in [2.75, 3.05) is 0 Å². The second-order valence-electron chi connectivity index (χ2n) is 12.8. The number of amides is 4. The second kappa shape index (κ2) is 14.6. The van der Waals surface area contributed by atoms with Crippen molar-refractivity contribution in [2.45, 2.75) is 91.1 Å². The molecular formula is C40H38N4O4S. The highest BCUT2D eigenvalue weighted by atomic mass is 32.1. The molecule has 0 saturated heterocycles. The van der Waals surface area contributed by atoms with Gasteiger partial charge in [-0.3, -0.25) is 29.0 Å². The largest absolute Gasteiger partial charge is 0.272 e. The van der Waals surface area contributed by atoms with Crippen molar-refractivity contribution in [3.05, 3.63) is 93.0 Å². The Bertz CT molecular complexity index is 1960. The second-order valence-corrected chi connectivity index (χ2v) is 13.3. The normalized spacial score (nSPS) is 14.8. The highest BCUT2D eigenvalue weighted by molar-refractivity contribution is 7.00. The highest BCUT2D eigenvalue weighted by Crippen LogP contribution is 2.29. The molecule has 1 aromatic heterocycles. The van der Waals surface area contributed by atoms with E-state index in [1.165, 1.54) is 9.80 Å². The molecule has 8 nitrogen and oxygen atoms in total. The van der Waals surface area contributed by atoms with Crippen LogP contribution in [0.15, 0.2) is 48.5 Å². The van der Waals surface area contributed by atoms with Crippen LogP contribution in [0.2, 0.25) is 0 Å². The maximum Gasteiger partial charge on any atom is 0.261 e. The summed E-state index contributed by atoms with van der Waals surface area (Å²) in [4.78, 5) is 55.3. The molecule has 2 aliphatic heterocycles. The van der Waals surface area contributed by atoms with E-state index in [-0.39, 0.29) is 35.7 Å². The van der Waals surface area contributed by atoms with Crippen molar-refractivity contribution in [3.8, 4) is 23.7 Å². The van der Waals surface area contributed by atoms with Gasteiger partial charge in [-0.05, 0) is 75.2 Å². The van der Waals surface area contributed by atoms with E-state index in [0.717, 1.165) is 63.1 Å². The summed E-state index contributed by atoms with van der Waals surface area (Å²) in [5.41, 5.74) is 5.42. The molecule has 49 heavy (non-hydrogen) atoms. The molecule has 2 atom stereocenters. The minimum atomic E-state index is -0.268. The van der Waals surface area contributed by atoms with Gasteiger partial charge in [0.05, 0.1) is 45.1 Å². The third-order valence-corrected chi connectivity index (χ3v) is 9.80. The zero-order valence-corrected chi connectivity index (χ0v) is 29.1. The van der Waals surface area contributed by atoms with E-state index in [2.05, 4.69) is 46.3 Å². The number of unbranched alkanes of at least 4 members (excludes halogenated alkanes) is 4. The number of carbonyl (C=O) groups excluding carboxylic acids is 4. The zero-order chi connectivity index (χ0) is 34.7. The van der Waals surface area contributed by atoms with Crippen LogP contribution in [0, 0.1) is 23.7 Å². The predicted octanol–water partition coefficient (Wildman–Crippen LogP) is 7.62. The number of hydrogen-bond donors (Lipinski definition) is 0. The molecule has 0 aliphatic carbocycles. The fourth-order valence-corrected chi connectivity index (χ4v) is 7.03. The van der Waals surface area contributed by atoms with Crippen LogP contribution in [0.5, 0.6) is 0 Å². The number of nitrogens with zero attached hydrogens (tertiary/aromatic N) is 4. The highest BCUT2D eigenvalue weighted by Gasteiger charge is 2.39. The van der Waals surface area contributed by atoms with Crippen LogP contribution in [0.25, 0.3) is 11.0 Å². The van der Waals surface area contributed by atoms with Gasteiger partial charge in [0.1, 0.15) is 11.0 Å². The number of rotatable bonds is 10. The van der Waals surface area contributed by atoms with Crippen LogP contribution in [0.1, 0.15) is 143 Å². The molecule has 3 heterocycles. The molecule has 4 amide bonds. The van der Waals surface area contributed by atoms with Gasteiger partial charge in [0, 0.05) is 23.2 Å². The van der Waals surface area contributed by atoms with Crippen molar-refractivity contribution in [3.63, 3.8) is 0 Å². The van der Waals surface area contributed by atoms with Gasteiger partial charge in [-0.15, -0.1) is 0 Å². The summed E-state index contributed by atoms with van der Waals surface area (Å²) >= 11 is 1.07. The molecule has 0 radical (unpaired) electrons. The minimum Gasteiger partial charge on any atom is -0.272 e. The summed E-state index contributed by atoms with van der Waals surface area (Å²) in [5.74, 6) is 11.6. The molecule has 0 spiro atoms. The Kier molecular flexibility index (Phi) is 10.0. The lowest BCUT2D eigenvalue weighted by atomic mass is 10.0. The maximum absolute atomic E-state index is 13.2. The van der Waals surface area contributed by atoms with Crippen LogP contribution in [0.3, 0.4) is 0 Å². The number of hydrogen-bond acceptors (Lipinski definition) is 7. The Morgan fingerprint density at radius 1 is 0.571 bits per heavy atom. The van der Waals surface area contributed by atoms with Gasteiger partial charge in [-0.2, -0.15) is 8.75 Å². The summed E-state index contributed by atoms with van der Waals surface area (Å²) in [7, 11) is 0. The van der Waals surface area contributed by atoms with Crippen molar-refractivity contribution in [1.82, 2.24) is 18.5 Å². The third-order valence-electron chi connectivity index (χ3n) is 9.27. The summed E-state index contributed by atoms with van der Waals surface area (Å²) in [5, 5.41) is 0. The van der Waals surface area contributed by atoms with Gasteiger partial charge in [-0.1, -0.05) is 76.1 Å². The minimum absolute atomic E-state index is 0.158. The molecule has 6 rings (SSSR count). The lowest BCUT2D eigenvalue weighted by Gasteiger charge is -2.22. The lowest BCUT2D eigenvalue weighted by Crippen LogP contribution is -2.37. The number of fused-ring (bicyclic) bond motifs is 3. The molecule has 0 bridgehead atoms. The standard InChI is InChI=1S/C40H38N4O4S/c1-5-7-9-11-25(3)43-37(45)31-21-15-27(23-33(31)39(43)47)13-17-29-19-20-30(36-35(29)41-49-42-36)18-14-28-16-22-32-34(24-28)40(48)44(38(32)46)26(4)12-10-8-6-2/h15-16,19-26H,5-12H2,1-4H3. The fourth-order valence-electron chi connectivity index (χ4n) is 6.46. The Hall–Kier alpha value is -5.12. The van der Waals surface area contributed by atoms with Gasteiger partial charge in [0.25, 0.3) is 23.6 Å². The van der Waals surface area contributed by atoms with Crippen molar-refractivity contribution >= 4 is 46.4 Å². The van der Waals surface area contributed by atoms with E-state index in [0.29, 0.717) is 55.5 Å². The molecule has 2 unspecified atom stereocenters. The van der Waals surface area contributed by atoms with Crippen molar-refractivity contribution in [2.24, 2.45) is 0 Å². The van der Waals surface area contributed by atoms with E-state index < -0.39 is 0 Å². The van der Waals surface area contributed by atoms with E-state index >= 15 is 0 Å². The Morgan fingerprint density at radius 3 is 1.39 bits per heavy atom. The zero-order valence-electron chi connectivity index (χ0n) is 28.3. The maximum atomic E-state index is 13.2. The van der Waals surface area contributed by atoms with E-state index in [9.17, 15) is 19.2 Å². The van der Waals surface area contributed by atoms with Gasteiger partial charge >= 0.3 is 0 Å². The van der Waals surface area contributed by atoms with Crippen LogP contribution >= 0.6 is 11.7 Å². The summed E-state index contributed by atoms with van der Waals surface area (Å²) in [6.45, 7) is 8.11. The van der Waals surface area contributed by atoms with Crippen molar-refractivity contribution in [1.29, 1.82) is 0 Å². The number of imide groups is 2. The summed E-state index contributed by atoms with van der Waals surface area (Å²) in [6, 6.07) is 13.6. The molecule has 3 aromatic carbocycles. The molecular weight excluding hydrogens is 633 g/mol. The smallest absolute Gasteiger partial charge is 0.261 e. The topological polar surface area (TPSA) is 101 Å². The number of aromatic nitrogens is 2. The molecule has 248 valence electrons. The van der Waals surface area contributed by atoms with Gasteiger partial charge in [0.15, 0.2) is 0 Å². The Labute approximate surface area is 291 Å². The first-order chi connectivity index (χ1) is 23.7. The predicted molar refractivity (Wildman–Crippen MR) is 190 cm³/mol. The Balaban J connectivity index is 1.20. The van der Waals surface area contributed by atoms with Crippen LogP contribution in [0.4, 0.5) is 0 Å². The molecule has 0 saturated carbocycles. The monoisotopic (exact) mass is 670 g/mol.